The Kier molecular flexibility index (Phi) is 5.39. The highest BCUT2D eigenvalue weighted by molar-refractivity contribution is 7.98. The Bertz CT molecular complexity index is 837. The summed E-state index contributed by atoms with van der Waals surface area (Å²) < 4.78 is 9.16. The van der Waals surface area contributed by atoms with Gasteiger partial charge >= 0.3 is 5.97 Å². The van der Waals surface area contributed by atoms with E-state index in [1.807, 2.05) is 6.26 Å². The van der Waals surface area contributed by atoms with Crippen LogP contribution in [0.5, 0.6) is 0 Å². The molecule has 3 rings (SSSR count). The Hall–Kier alpha value is -2.03. The van der Waals surface area contributed by atoms with Gasteiger partial charge in [0.2, 0.25) is 0 Å². The van der Waals surface area contributed by atoms with Crippen molar-refractivity contribution < 1.29 is 9.53 Å². The van der Waals surface area contributed by atoms with Gasteiger partial charge in [0.05, 0.1) is 0 Å². The zero-order valence-corrected chi connectivity index (χ0v) is 14.9. The fourth-order valence-electron chi connectivity index (χ4n) is 1.85. The summed E-state index contributed by atoms with van der Waals surface area (Å²) in [6.07, 6.45) is 5.12. The molecule has 1 aromatic carbocycles. The van der Waals surface area contributed by atoms with Crippen molar-refractivity contribution in [3.05, 3.63) is 52.1 Å². The highest BCUT2D eigenvalue weighted by atomic mass is 35.5. The Labute approximate surface area is 151 Å². The maximum Gasteiger partial charge on any atom is 0.352 e. The van der Waals surface area contributed by atoms with Gasteiger partial charge in [0.1, 0.15) is 12.3 Å². The van der Waals surface area contributed by atoms with Crippen molar-refractivity contribution in [3.8, 4) is 11.3 Å². The number of nitrogens with zero attached hydrogens (tertiary/aromatic N) is 4. The number of hydrogen-bond acceptors (Lipinski definition) is 8. The fourth-order valence-corrected chi connectivity index (χ4v) is 2.88. The molecule has 122 valence electrons. The number of ether oxygens (including phenoxy) is 1. The Morgan fingerprint density at radius 2 is 1.96 bits per heavy atom. The van der Waals surface area contributed by atoms with Crippen LogP contribution < -0.4 is 0 Å². The third-order valence-corrected chi connectivity index (χ3v) is 4.57. The Morgan fingerprint density at radius 3 is 2.62 bits per heavy atom. The average molecular weight is 379 g/mol. The van der Waals surface area contributed by atoms with Crippen molar-refractivity contribution in [2.24, 2.45) is 0 Å². The summed E-state index contributed by atoms with van der Waals surface area (Å²) in [5, 5.41) is 5.27. The average Bonchev–Trinajstić information content (AvgIpc) is 3.11. The molecule has 0 radical (unpaired) electrons. The molecule has 0 amide bonds. The number of esters is 1. The molecule has 0 spiro atoms. The lowest BCUT2D eigenvalue weighted by Gasteiger charge is -2.05. The minimum Gasteiger partial charge on any atom is -0.457 e. The van der Waals surface area contributed by atoms with Crippen molar-refractivity contribution in [2.45, 2.75) is 11.8 Å². The molecule has 0 fully saturated rings. The minimum absolute atomic E-state index is 0.148. The van der Waals surface area contributed by atoms with Crippen molar-refractivity contribution >= 4 is 40.9 Å². The quantitative estimate of drug-likeness (QED) is 0.380. The van der Waals surface area contributed by atoms with E-state index in [4.69, 9.17) is 16.3 Å². The standard InChI is InChI=1S/C15H11ClN4O2S2/c1-23-15-17-6-10(7-18-15)12-13(24-20-19-12)14(21)22-8-9-2-4-11(16)5-3-9/h2-7H,8H2,1H3. The molecule has 0 aliphatic heterocycles. The number of carbonyl (C=O) groups excluding carboxylic acids is 1. The van der Waals surface area contributed by atoms with Gasteiger partial charge in [-0.2, -0.15) is 0 Å². The second-order valence-corrected chi connectivity index (χ2v) is 6.58. The van der Waals surface area contributed by atoms with Gasteiger partial charge in [0.15, 0.2) is 10.0 Å². The normalized spacial score (nSPS) is 10.6. The number of halogens is 1. The third kappa shape index (κ3) is 3.89. The summed E-state index contributed by atoms with van der Waals surface area (Å²) in [6.45, 7) is 0.148. The highest BCUT2D eigenvalue weighted by Gasteiger charge is 2.20. The first kappa shape index (κ1) is 16.8. The molecule has 0 saturated heterocycles. The van der Waals surface area contributed by atoms with Gasteiger partial charge in [-0.25, -0.2) is 14.8 Å². The van der Waals surface area contributed by atoms with Crippen LogP contribution in [0, 0.1) is 0 Å². The number of aromatic nitrogens is 4. The topological polar surface area (TPSA) is 77.9 Å². The smallest absolute Gasteiger partial charge is 0.352 e. The van der Waals surface area contributed by atoms with Crippen molar-refractivity contribution in [1.29, 1.82) is 0 Å². The molecule has 0 aliphatic carbocycles. The lowest BCUT2D eigenvalue weighted by atomic mass is 10.2. The van der Waals surface area contributed by atoms with Gasteiger partial charge < -0.3 is 4.74 Å². The van der Waals surface area contributed by atoms with E-state index in [1.54, 1.807) is 36.7 Å². The summed E-state index contributed by atoms with van der Waals surface area (Å²) in [5.74, 6) is -0.483. The van der Waals surface area contributed by atoms with Crippen LogP contribution >= 0.6 is 34.9 Å². The molecule has 2 heterocycles. The molecular weight excluding hydrogens is 368 g/mol. The van der Waals surface area contributed by atoms with Gasteiger partial charge in [0.25, 0.3) is 0 Å². The van der Waals surface area contributed by atoms with E-state index in [-0.39, 0.29) is 6.61 Å². The first-order chi connectivity index (χ1) is 11.7. The second kappa shape index (κ2) is 7.69. The van der Waals surface area contributed by atoms with Crippen LogP contribution in [0.15, 0.2) is 41.8 Å². The van der Waals surface area contributed by atoms with Crippen LogP contribution in [-0.2, 0) is 11.3 Å². The van der Waals surface area contributed by atoms with Gasteiger partial charge in [0, 0.05) is 23.0 Å². The second-order valence-electron chi connectivity index (χ2n) is 4.61. The third-order valence-electron chi connectivity index (χ3n) is 3.04. The van der Waals surface area contributed by atoms with Gasteiger partial charge in [-0.15, -0.1) is 5.10 Å². The van der Waals surface area contributed by atoms with Gasteiger partial charge in [-0.05, 0) is 35.5 Å². The van der Waals surface area contributed by atoms with Crippen molar-refractivity contribution in [2.75, 3.05) is 6.26 Å². The zero-order chi connectivity index (χ0) is 16.9. The zero-order valence-electron chi connectivity index (χ0n) is 12.5. The van der Waals surface area contributed by atoms with Gasteiger partial charge in [-0.1, -0.05) is 40.0 Å². The first-order valence-corrected chi connectivity index (χ1v) is 9.15. The van der Waals surface area contributed by atoms with E-state index < -0.39 is 5.97 Å². The van der Waals surface area contributed by atoms with Crippen LogP contribution in [0.25, 0.3) is 11.3 Å². The van der Waals surface area contributed by atoms with Crippen molar-refractivity contribution in [3.63, 3.8) is 0 Å². The first-order valence-electron chi connectivity index (χ1n) is 6.77. The molecule has 0 aliphatic rings. The monoisotopic (exact) mass is 378 g/mol. The van der Waals surface area contributed by atoms with E-state index in [2.05, 4.69) is 19.6 Å². The number of carbonyl (C=O) groups is 1. The molecule has 9 heteroatoms. The molecule has 0 bridgehead atoms. The fraction of sp³-hybridized carbons (Fsp3) is 0.133. The number of rotatable bonds is 5. The SMILES string of the molecule is CSc1ncc(-c2nnsc2C(=O)OCc2ccc(Cl)cc2)cn1. The molecule has 0 unspecified atom stereocenters. The van der Waals surface area contributed by atoms with Crippen molar-refractivity contribution in [1.82, 2.24) is 19.6 Å². The van der Waals surface area contributed by atoms with Crippen LogP contribution in [0.3, 0.4) is 0 Å². The van der Waals surface area contributed by atoms with Crippen LogP contribution in [-0.4, -0.2) is 31.8 Å². The summed E-state index contributed by atoms with van der Waals surface area (Å²) in [7, 11) is 0. The van der Waals surface area contributed by atoms with E-state index in [1.165, 1.54) is 11.8 Å². The summed E-state index contributed by atoms with van der Waals surface area (Å²) >= 11 is 8.25. The molecule has 0 atom stereocenters. The summed E-state index contributed by atoms with van der Waals surface area (Å²) in [5.41, 5.74) is 1.90. The van der Waals surface area contributed by atoms with Crippen LogP contribution in [0.2, 0.25) is 5.02 Å². The van der Waals surface area contributed by atoms with E-state index >= 15 is 0 Å². The molecule has 6 nitrogen and oxygen atoms in total. The Morgan fingerprint density at radius 1 is 1.25 bits per heavy atom. The molecule has 0 N–H and O–H groups in total. The predicted octanol–water partition coefficient (Wildman–Crippen LogP) is 3.73. The maximum absolute atomic E-state index is 12.3. The summed E-state index contributed by atoms with van der Waals surface area (Å²) in [6, 6.07) is 7.09. The Balaban J connectivity index is 1.73. The molecular formula is C15H11ClN4O2S2. The summed E-state index contributed by atoms with van der Waals surface area (Å²) in [4.78, 5) is 21.0. The largest absolute Gasteiger partial charge is 0.457 e. The van der Waals surface area contributed by atoms with E-state index in [0.29, 0.717) is 26.3 Å². The molecule has 24 heavy (non-hydrogen) atoms. The van der Waals surface area contributed by atoms with Crippen LogP contribution in [0.1, 0.15) is 15.2 Å². The number of benzene rings is 1. The molecule has 0 saturated carbocycles. The number of hydrogen-bond donors (Lipinski definition) is 0. The maximum atomic E-state index is 12.3. The minimum atomic E-state index is -0.483. The van der Waals surface area contributed by atoms with E-state index in [9.17, 15) is 4.79 Å². The lowest BCUT2D eigenvalue weighted by Crippen LogP contribution is -2.05. The van der Waals surface area contributed by atoms with Gasteiger partial charge in [-0.3, -0.25) is 0 Å². The predicted molar refractivity (Wildman–Crippen MR) is 93.3 cm³/mol. The number of thioether (sulfide) groups is 1. The van der Waals surface area contributed by atoms with E-state index in [0.717, 1.165) is 17.1 Å². The van der Waals surface area contributed by atoms with Crippen LogP contribution in [0.4, 0.5) is 0 Å². The lowest BCUT2D eigenvalue weighted by molar-refractivity contribution is 0.0479. The molecule has 3 aromatic rings. The molecule has 2 aromatic heterocycles. The highest BCUT2D eigenvalue weighted by Crippen LogP contribution is 2.24.